The first-order valence-electron chi connectivity index (χ1n) is 3.97. The minimum absolute atomic E-state index is 0.198. The molecule has 0 spiro atoms. The molecular weight excluding hydrogens is 271 g/mol. The first-order chi connectivity index (χ1) is 5.27. The van der Waals surface area contributed by atoms with Gasteiger partial charge in [0.25, 0.3) is 0 Å². The van der Waals surface area contributed by atoms with Crippen LogP contribution in [0.25, 0.3) is 0 Å². The predicted molar refractivity (Wildman–Crippen MR) is 60.7 cm³/mol. The maximum Gasteiger partial charge on any atom is 0.0480 e. The van der Waals surface area contributed by atoms with E-state index >= 15 is 0 Å². The van der Waals surface area contributed by atoms with Crippen molar-refractivity contribution >= 4 is 35.2 Å². The van der Waals surface area contributed by atoms with Crippen LogP contribution in [0.1, 0.15) is 12.8 Å². The molecule has 0 saturated carbocycles. The normalized spacial score (nSPS) is 32.2. The summed E-state index contributed by atoms with van der Waals surface area (Å²) in [6.45, 7) is 3.22. The molecule has 0 aromatic heterocycles. The van der Waals surface area contributed by atoms with E-state index in [1.54, 1.807) is 0 Å². The van der Waals surface area contributed by atoms with Crippen molar-refractivity contribution in [1.29, 1.82) is 0 Å². The lowest BCUT2D eigenvalue weighted by molar-refractivity contribution is 0.407. The molecule has 1 heterocycles. The van der Waals surface area contributed by atoms with Crippen LogP contribution in [0, 0.1) is 0 Å². The number of hydrogen-bond acceptors (Lipinski definition) is 3. The molecule has 2 nitrogen and oxygen atoms in total. The van der Waals surface area contributed by atoms with Crippen molar-refractivity contribution in [3.05, 3.63) is 0 Å². The number of hydrogen-bond donors (Lipinski definition) is 3. The molecule has 0 radical (unpaired) electrons. The smallest absolute Gasteiger partial charge is 0.0480 e. The molecule has 2 N–H and O–H groups in total. The van der Waals surface area contributed by atoms with Gasteiger partial charge in [-0.25, -0.2) is 0 Å². The lowest BCUT2D eigenvalue weighted by Gasteiger charge is -2.33. The van der Waals surface area contributed by atoms with Crippen LogP contribution in [0.15, 0.2) is 0 Å². The summed E-state index contributed by atoms with van der Waals surface area (Å²) in [6, 6.07) is 0. The minimum atomic E-state index is 0.198. The summed E-state index contributed by atoms with van der Waals surface area (Å²) in [5, 5.41) is 6.69. The third-order valence-corrected chi connectivity index (χ3v) is 3.08. The van der Waals surface area contributed by atoms with Gasteiger partial charge in [0.15, 0.2) is 0 Å². The van der Waals surface area contributed by atoms with Gasteiger partial charge in [-0.2, -0.15) is 12.6 Å². The molecule has 0 aromatic rings. The Balaban J connectivity index is 2.25. The van der Waals surface area contributed by atoms with Gasteiger partial charge in [0, 0.05) is 22.4 Å². The Hall–Kier alpha value is 1.00. The second kappa shape index (κ2) is 4.89. The molecule has 66 valence electrons. The van der Waals surface area contributed by atoms with Gasteiger partial charge in [0.1, 0.15) is 0 Å². The van der Waals surface area contributed by atoms with Gasteiger partial charge in [0.2, 0.25) is 0 Å². The van der Waals surface area contributed by atoms with Crippen LogP contribution >= 0.6 is 35.2 Å². The fraction of sp³-hybridized carbons (Fsp3) is 1.00. The first kappa shape index (κ1) is 10.1. The number of halogens is 1. The Morgan fingerprint density at radius 1 is 1.64 bits per heavy atom. The van der Waals surface area contributed by atoms with Crippen LogP contribution < -0.4 is 10.6 Å². The van der Waals surface area contributed by atoms with E-state index in [1.807, 2.05) is 0 Å². The van der Waals surface area contributed by atoms with E-state index in [1.165, 1.54) is 12.8 Å². The maximum absolute atomic E-state index is 4.66. The highest BCUT2D eigenvalue weighted by Crippen LogP contribution is 2.22. The van der Waals surface area contributed by atoms with E-state index in [0.29, 0.717) is 0 Å². The molecule has 1 saturated heterocycles. The van der Waals surface area contributed by atoms with E-state index in [-0.39, 0.29) is 4.75 Å². The Morgan fingerprint density at radius 2 is 2.45 bits per heavy atom. The van der Waals surface area contributed by atoms with E-state index in [2.05, 4.69) is 45.9 Å². The van der Waals surface area contributed by atoms with Crippen LogP contribution in [-0.2, 0) is 0 Å². The van der Waals surface area contributed by atoms with Crippen molar-refractivity contribution in [2.75, 3.05) is 24.2 Å². The Bertz CT molecular complexity index is 115. The van der Waals surface area contributed by atoms with Crippen LogP contribution in [0.5, 0.6) is 0 Å². The first-order valence-corrected chi connectivity index (χ1v) is 5.94. The molecule has 1 unspecified atom stereocenters. The largest absolute Gasteiger partial charge is 0.315 e. The van der Waals surface area contributed by atoms with E-state index in [4.69, 9.17) is 0 Å². The van der Waals surface area contributed by atoms with Gasteiger partial charge in [-0.1, -0.05) is 22.6 Å². The number of nitrogens with one attached hydrogen (secondary N) is 2. The Morgan fingerprint density at radius 3 is 3.00 bits per heavy atom. The van der Waals surface area contributed by atoms with Gasteiger partial charge < -0.3 is 10.6 Å². The van der Waals surface area contributed by atoms with E-state index in [9.17, 15) is 0 Å². The quantitative estimate of drug-likeness (QED) is 0.312. The van der Waals surface area contributed by atoms with Gasteiger partial charge in [-0.3, -0.25) is 0 Å². The fourth-order valence-electron chi connectivity index (χ4n) is 1.38. The second-order valence-corrected chi connectivity index (χ2v) is 4.78. The lowest BCUT2D eigenvalue weighted by Crippen LogP contribution is -2.47. The van der Waals surface area contributed by atoms with Crippen molar-refractivity contribution < 1.29 is 0 Å². The standard InChI is InChI=1S/C7H15IN2S/c8-6-10-5-7(11)2-1-3-9-4-7/h9-11H,1-6H2. The Labute approximate surface area is 87.4 Å². The zero-order valence-electron chi connectivity index (χ0n) is 6.57. The van der Waals surface area contributed by atoms with Crippen molar-refractivity contribution in [3.63, 3.8) is 0 Å². The van der Waals surface area contributed by atoms with Gasteiger partial charge in [-0.05, 0) is 19.4 Å². The van der Waals surface area contributed by atoms with Crippen molar-refractivity contribution in [2.45, 2.75) is 17.6 Å². The topological polar surface area (TPSA) is 24.1 Å². The second-order valence-electron chi connectivity index (χ2n) is 3.07. The highest BCUT2D eigenvalue weighted by Gasteiger charge is 2.26. The Kier molecular flexibility index (Phi) is 4.48. The lowest BCUT2D eigenvalue weighted by atomic mass is 9.98. The van der Waals surface area contributed by atoms with Crippen molar-refractivity contribution in [2.24, 2.45) is 0 Å². The van der Waals surface area contributed by atoms with Crippen molar-refractivity contribution in [1.82, 2.24) is 10.6 Å². The number of alkyl halides is 1. The molecule has 0 bridgehead atoms. The molecule has 0 aromatic carbocycles. The molecule has 11 heavy (non-hydrogen) atoms. The zero-order valence-corrected chi connectivity index (χ0v) is 9.62. The molecule has 0 aliphatic carbocycles. The molecule has 1 atom stereocenters. The average Bonchev–Trinajstić information content (AvgIpc) is 2.03. The summed E-state index contributed by atoms with van der Waals surface area (Å²) < 4.78 is 1.21. The summed E-state index contributed by atoms with van der Waals surface area (Å²) in [5.74, 6) is 0. The predicted octanol–water partition coefficient (Wildman–Crippen LogP) is 1.02. The summed E-state index contributed by atoms with van der Waals surface area (Å²) in [5.41, 5.74) is 0. The molecule has 1 aliphatic heterocycles. The third-order valence-electron chi connectivity index (χ3n) is 2.00. The molecule has 0 amide bonds. The monoisotopic (exact) mass is 286 g/mol. The minimum Gasteiger partial charge on any atom is -0.315 e. The molecular formula is C7H15IN2S. The molecule has 1 rings (SSSR count). The van der Waals surface area contributed by atoms with Crippen LogP contribution in [0.3, 0.4) is 0 Å². The molecule has 1 aliphatic rings. The summed E-state index contributed by atoms with van der Waals surface area (Å²) in [4.78, 5) is 0. The number of piperidine rings is 1. The fourth-order valence-corrected chi connectivity index (χ4v) is 2.03. The van der Waals surface area contributed by atoms with Gasteiger partial charge in [-0.15, -0.1) is 0 Å². The summed E-state index contributed by atoms with van der Waals surface area (Å²) in [6.07, 6.45) is 2.49. The number of rotatable bonds is 3. The zero-order chi connectivity index (χ0) is 8.16. The van der Waals surface area contributed by atoms with Crippen molar-refractivity contribution in [3.8, 4) is 0 Å². The van der Waals surface area contributed by atoms with Crippen LogP contribution in [0.4, 0.5) is 0 Å². The highest BCUT2D eigenvalue weighted by molar-refractivity contribution is 14.1. The number of thiol groups is 1. The third kappa shape index (κ3) is 3.48. The summed E-state index contributed by atoms with van der Waals surface area (Å²) in [7, 11) is 0. The highest BCUT2D eigenvalue weighted by atomic mass is 127. The maximum atomic E-state index is 4.66. The molecule has 4 heteroatoms. The average molecular weight is 286 g/mol. The van der Waals surface area contributed by atoms with Crippen LogP contribution in [0.2, 0.25) is 0 Å². The van der Waals surface area contributed by atoms with E-state index in [0.717, 1.165) is 24.2 Å². The van der Waals surface area contributed by atoms with Gasteiger partial charge in [0.05, 0.1) is 0 Å². The van der Waals surface area contributed by atoms with Gasteiger partial charge >= 0.3 is 0 Å². The summed E-state index contributed by atoms with van der Waals surface area (Å²) >= 11 is 6.98. The van der Waals surface area contributed by atoms with E-state index < -0.39 is 0 Å². The SMILES string of the molecule is SC1(CNCI)CCCNC1. The van der Waals surface area contributed by atoms with Crippen LogP contribution in [-0.4, -0.2) is 28.9 Å². The molecule has 1 fully saturated rings.